The Labute approximate surface area is 111 Å². The number of aromatic nitrogens is 2. The molecule has 1 unspecified atom stereocenters. The van der Waals surface area contributed by atoms with Gasteiger partial charge >= 0.3 is 0 Å². The third-order valence-electron chi connectivity index (χ3n) is 2.73. The molecular formula is C14H17FN2O2. The topological polar surface area (TPSA) is 47.3 Å². The maximum absolute atomic E-state index is 13.8. The molecule has 0 aliphatic heterocycles. The third-order valence-corrected chi connectivity index (χ3v) is 2.73. The smallest absolute Gasteiger partial charge is 0.166 e. The van der Waals surface area contributed by atoms with Crippen LogP contribution in [0.4, 0.5) is 4.39 Å². The summed E-state index contributed by atoms with van der Waals surface area (Å²) in [5.74, 6) is 0.124. The van der Waals surface area contributed by atoms with Gasteiger partial charge in [0, 0.05) is 6.54 Å². The fraction of sp³-hybridized carbons (Fsp3) is 0.357. The maximum Gasteiger partial charge on any atom is 0.166 e. The van der Waals surface area contributed by atoms with E-state index in [1.54, 1.807) is 30.1 Å². The van der Waals surface area contributed by atoms with Crippen molar-refractivity contribution < 1.29 is 14.2 Å². The number of benzene rings is 1. The van der Waals surface area contributed by atoms with Crippen LogP contribution in [0.1, 0.15) is 31.9 Å². The number of nitrogens with zero attached hydrogens (tertiary/aromatic N) is 2. The fourth-order valence-electron chi connectivity index (χ4n) is 1.74. The van der Waals surface area contributed by atoms with E-state index in [0.29, 0.717) is 11.3 Å². The van der Waals surface area contributed by atoms with Crippen LogP contribution in [-0.4, -0.2) is 14.9 Å². The van der Waals surface area contributed by atoms with Crippen molar-refractivity contribution in [2.75, 3.05) is 0 Å². The molecule has 0 bridgehead atoms. The van der Waals surface area contributed by atoms with E-state index >= 15 is 0 Å². The molecule has 0 saturated heterocycles. The lowest BCUT2D eigenvalue weighted by molar-refractivity contribution is 0.198. The highest BCUT2D eigenvalue weighted by molar-refractivity contribution is 5.33. The number of rotatable bonds is 5. The molecule has 19 heavy (non-hydrogen) atoms. The summed E-state index contributed by atoms with van der Waals surface area (Å²) in [4.78, 5) is 0. The van der Waals surface area contributed by atoms with Crippen molar-refractivity contribution in [1.29, 1.82) is 0 Å². The standard InChI is InChI=1S/C14H17FN2O2/c1-3-6-17-9-12(8-16-17)19-14-5-4-11(10(2)18)7-13(14)15/h4-5,7-10,18H,3,6H2,1-2H3. The summed E-state index contributed by atoms with van der Waals surface area (Å²) < 4.78 is 21.0. The average molecular weight is 264 g/mol. The molecule has 0 saturated carbocycles. The summed E-state index contributed by atoms with van der Waals surface area (Å²) in [5.41, 5.74) is 0.520. The Morgan fingerprint density at radius 1 is 1.47 bits per heavy atom. The van der Waals surface area contributed by atoms with Gasteiger partial charge in [0.15, 0.2) is 17.3 Å². The zero-order valence-electron chi connectivity index (χ0n) is 11.0. The molecule has 0 aliphatic rings. The monoisotopic (exact) mass is 264 g/mol. The van der Waals surface area contributed by atoms with Gasteiger partial charge in [-0.1, -0.05) is 13.0 Å². The lowest BCUT2D eigenvalue weighted by Gasteiger charge is -2.08. The van der Waals surface area contributed by atoms with Gasteiger partial charge in [-0.2, -0.15) is 5.10 Å². The van der Waals surface area contributed by atoms with Gasteiger partial charge in [0.2, 0.25) is 0 Å². The number of aliphatic hydroxyl groups is 1. The average Bonchev–Trinajstić information content (AvgIpc) is 2.79. The highest BCUT2D eigenvalue weighted by Crippen LogP contribution is 2.26. The number of ether oxygens (including phenoxy) is 1. The quantitative estimate of drug-likeness (QED) is 0.901. The van der Waals surface area contributed by atoms with E-state index in [-0.39, 0.29) is 5.75 Å². The SMILES string of the molecule is CCCn1cc(Oc2ccc(C(C)O)cc2F)cn1. The minimum atomic E-state index is -0.698. The van der Waals surface area contributed by atoms with Crippen molar-refractivity contribution in [3.05, 3.63) is 42.0 Å². The maximum atomic E-state index is 13.8. The van der Waals surface area contributed by atoms with Gasteiger partial charge in [-0.3, -0.25) is 4.68 Å². The predicted molar refractivity (Wildman–Crippen MR) is 69.6 cm³/mol. The van der Waals surface area contributed by atoms with Crippen LogP contribution >= 0.6 is 0 Å². The molecule has 1 atom stereocenters. The molecule has 0 radical (unpaired) electrons. The van der Waals surface area contributed by atoms with Crippen LogP contribution < -0.4 is 4.74 Å². The first-order valence-corrected chi connectivity index (χ1v) is 6.28. The van der Waals surface area contributed by atoms with E-state index in [2.05, 4.69) is 12.0 Å². The summed E-state index contributed by atoms with van der Waals surface area (Å²) >= 11 is 0. The second kappa shape index (κ2) is 5.84. The van der Waals surface area contributed by atoms with Crippen LogP contribution in [0.25, 0.3) is 0 Å². The summed E-state index contributed by atoms with van der Waals surface area (Å²) in [6.07, 6.45) is 3.55. The van der Waals surface area contributed by atoms with Gasteiger partial charge in [0.1, 0.15) is 0 Å². The first-order valence-electron chi connectivity index (χ1n) is 6.28. The Morgan fingerprint density at radius 2 is 2.26 bits per heavy atom. The van der Waals surface area contributed by atoms with Crippen LogP contribution in [0.15, 0.2) is 30.6 Å². The van der Waals surface area contributed by atoms with E-state index in [4.69, 9.17) is 4.74 Å². The van der Waals surface area contributed by atoms with Gasteiger partial charge in [-0.25, -0.2) is 4.39 Å². The van der Waals surface area contributed by atoms with Gasteiger partial charge in [0.25, 0.3) is 0 Å². The molecule has 2 rings (SSSR count). The Balaban J connectivity index is 2.13. The van der Waals surface area contributed by atoms with E-state index in [1.165, 1.54) is 12.1 Å². The number of hydrogen-bond donors (Lipinski definition) is 1. The van der Waals surface area contributed by atoms with Crippen molar-refractivity contribution in [3.63, 3.8) is 0 Å². The minimum absolute atomic E-state index is 0.125. The summed E-state index contributed by atoms with van der Waals surface area (Å²) in [6.45, 7) is 4.44. The van der Waals surface area contributed by atoms with Gasteiger partial charge in [0.05, 0.1) is 18.5 Å². The van der Waals surface area contributed by atoms with E-state index < -0.39 is 11.9 Å². The van der Waals surface area contributed by atoms with Crippen LogP contribution in [0.3, 0.4) is 0 Å². The molecule has 2 aromatic rings. The second-order valence-corrected chi connectivity index (χ2v) is 4.41. The fourth-order valence-corrected chi connectivity index (χ4v) is 1.74. The first kappa shape index (κ1) is 13.5. The molecule has 1 N–H and O–H groups in total. The van der Waals surface area contributed by atoms with Crippen LogP contribution in [-0.2, 0) is 6.54 Å². The molecule has 0 fully saturated rings. The Bertz CT molecular complexity index is 552. The van der Waals surface area contributed by atoms with Crippen molar-refractivity contribution >= 4 is 0 Å². The highest BCUT2D eigenvalue weighted by Gasteiger charge is 2.09. The molecule has 0 spiro atoms. The van der Waals surface area contributed by atoms with Crippen molar-refractivity contribution in [1.82, 2.24) is 9.78 Å². The first-order chi connectivity index (χ1) is 9.10. The molecule has 4 nitrogen and oxygen atoms in total. The van der Waals surface area contributed by atoms with Gasteiger partial charge in [-0.05, 0) is 31.0 Å². The highest BCUT2D eigenvalue weighted by atomic mass is 19.1. The molecular weight excluding hydrogens is 247 g/mol. The van der Waals surface area contributed by atoms with E-state index in [9.17, 15) is 9.50 Å². The lowest BCUT2D eigenvalue weighted by Crippen LogP contribution is -1.96. The second-order valence-electron chi connectivity index (χ2n) is 4.41. The lowest BCUT2D eigenvalue weighted by atomic mass is 10.1. The zero-order valence-corrected chi connectivity index (χ0v) is 11.0. The van der Waals surface area contributed by atoms with Gasteiger partial charge in [-0.15, -0.1) is 0 Å². The molecule has 0 amide bonds. The molecule has 1 aromatic heterocycles. The molecule has 102 valence electrons. The Morgan fingerprint density at radius 3 is 2.89 bits per heavy atom. The molecule has 5 heteroatoms. The van der Waals surface area contributed by atoms with Crippen molar-refractivity contribution in [3.8, 4) is 11.5 Å². The Hall–Kier alpha value is -1.88. The van der Waals surface area contributed by atoms with Crippen LogP contribution in [0, 0.1) is 5.82 Å². The summed E-state index contributed by atoms with van der Waals surface area (Å²) in [5, 5.41) is 13.5. The molecule has 1 aromatic carbocycles. The van der Waals surface area contributed by atoms with Crippen molar-refractivity contribution in [2.45, 2.75) is 32.9 Å². The number of aliphatic hydroxyl groups excluding tert-OH is 1. The number of hydrogen-bond acceptors (Lipinski definition) is 3. The van der Waals surface area contributed by atoms with Crippen LogP contribution in [0.5, 0.6) is 11.5 Å². The number of halogens is 1. The van der Waals surface area contributed by atoms with Crippen molar-refractivity contribution in [2.24, 2.45) is 0 Å². The van der Waals surface area contributed by atoms with Gasteiger partial charge < -0.3 is 9.84 Å². The molecule has 1 heterocycles. The summed E-state index contributed by atoms with van der Waals surface area (Å²) in [6, 6.07) is 4.42. The Kier molecular flexibility index (Phi) is 4.16. The number of aryl methyl sites for hydroxylation is 1. The van der Waals surface area contributed by atoms with E-state index in [0.717, 1.165) is 13.0 Å². The zero-order chi connectivity index (χ0) is 13.8. The summed E-state index contributed by atoms with van der Waals surface area (Å²) in [7, 11) is 0. The van der Waals surface area contributed by atoms with Crippen LogP contribution in [0.2, 0.25) is 0 Å². The normalized spacial score (nSPS) is 12.4. The predicted octanol–water partition coefficient (Wildman–Crippen LogP) is 3.28. The largest absolute Gasteiger partial charge is 0.451 e. The van der Waals surface area contributed by atoms with E-state index in [1.807, 2.05) is 0 Å². The molecule has 0 aliphatic carbocycles. The minimum Gasteiger partial charge on any atom is -0.451 e. The third kappa shape index (κ3) is 3.32.